The molecule has 0 atom stereocenters. The third-order valence-corrected chi connectivity index (χ3v) is 2.98. The van der Waals surface area contributed by atoms with Crippen molar-refractivity contribution in [2.45, 2.75) is 13.8 Å². The van der Waals surface area contributed by atoms with Gasteiger partial charge in [0, 0.05) is 6.54 Å². The number of benzene rings is 2. The monoisotopic (exact) mass is 289 g/mol. The van der Waals surface area contributed by atoms with E-state index in [0.29, 0.717) is 12.2 Å². The van der Waals surface area contributed by atoms with Crippen molar-refractivity contribution in [3.8, 4) is 0 Å². The molecule has 21 heavy (non-hydrogen) atoms. The van der Waals surface area contributed by atoms with Crippen molar-refractivity contribution in [1.82, 2.24) is 0 Å². The van der Waals surface area contributed by atoms with E-state index in [1.807, 2.05) is 6.92 Å². The van der Waals surface area contributed by atoms with E-state index in [9.17, 15) is 14.5 Å². The maximum Gasteiger partial charge on any atom is 0.315 e. The summed E-state index contributed by atoms with van der Waals surface area (Å²) >= 11 is 0. The van der Waals surface area contributed by atoms with E-state index in [2.05, 4.69) is 10.6 Å². The van der Waals surface area contributed by atoms with Crippen LogP contribution in [0.4, 0.5) is 27.1 Å². The lowest BCUT2D eigenvalue weighted by atomic mass is 10.2. The van der Waals surface area contributed by atoms with Crippen LogP contribution in [0, 0.1) is 22.9 Å². The smallest absolute Gasteiger partial charge is 0.315 e. The van der Waals surface area contributed by atoms with Gasteiger partial charge in [-0.2, -0.15) is 0 Å². The molecule has 2 aromatic carbocycles. The van der Waals surface area contributed by atoms with Crippen LogP contribution in [0.15, 0.2) is 36.4 Å². The second-order valence-corrected chi connectivity index (χ2v) is 4.60. The highest BCUT2D eigenvalue weighted by Gasteiger charge is 2.20. The number of nitro benzene ring substituents is 1. The molecule has 0 spiro atoms. The van der Waals surface area contributed by atoms with Gasteiger partial charge in [-0.05, 0) is 43.7 Å². The fourth-order valence-corrected chi connectivity index (χ4v) is 2.04. The van der Waals surface area contributed by atoms with Crippen LogP contribution in [0.1, 0.15) is 12.5 Å². The van der Waals surface area contributed by atoms with Crippen molar-refractivity contribution in [2.24, 2.45) is 0 Å². The van der Waals surface area contributed by atoms with Crippen LogP contribution in [0.25, 0.3) is 0 Å². The summed E-state index contributed by atoms with van der Waals surface area (Å²) in [6, 6.07) is 9.54. The number of para-hydroxylation sites is 1. The Morgan fingerprint density at radius 1 is 1.19 bits per heavy atom. The number of hydrogen-bond donors (Lipinski definition) is 2. The highest BCUT2D eigenvalue weighted by molar-refractivity contribution is 5.79. The molecule has 0 heterocycles. The Morgan fingerprint density at radius 2 is 1.90 bits per heavy atom. The number of nitrogens with one attached hydrogen (secondary N) is 2. The fourth-order valence-electron chi connectivity index (χ4n) is 2.04. The number of anilines is 3. The topological polar surface area (TPSA) is 67.2 Å². The summed E-state index contributed by atoms with van der Waals surface area (Å²) in [4.78, 5) is 10.8. The summed E-state index contributed by atoms with van der Waals surface area (Å²) in [7, 11) is 0. The Balaban J connectivity index is 2.43. The van der Waals surface area contributed by atoms with E-state index in [-0.39, 0.29) is 17.1 Å². The Hall–Kier alpha value is -2.63. The van der Waals surface area contributed by atoms with Gasteiger partial charge in [-0.1, -0.05) is 12.1 Å². The van der Waals surface area contributed by atoms with Gasteiger partial charge >= 0.3 is 5.69 Å². The fraction of sp³-hybridized carbons (Fsp3) is 0.200. The minimum atomic E-state index is -0.480. The third-order valence-electron chi connectivity index (χ3n) is 2.98. The average molecular weight is 289 g/mol. The van der Waals surface area contributed by atoms with E-state index in [0.717, 1.165) is 5.56 Å². The lowest BCUT2D eigenvalue weighted by molar-refractivity contribution is -0.383. The maximum absolute atomic E-state index is 13.9. The van der Waals surface area contributed by atoms with Gasteiger partial charge in [0.2, 0.25) is 0 Å². The highest BCUT2D eigenvalue weighted by atomic mass is 19.1. The predicted octanol–water partition coefficient (Wildman–Crippen LogP) is 4.22. The van der Waals surface area contributed by atoms with Crippen molar-refractivity contribution in [3.63, 3.8) is 0 Å². The number of nitrogens with zero attached hydrogens (tertiary/aromatic N) is 1. The summed E-state index contributed by atoms with van der Waals surface area (Å²) < 4.78 is 13.9. The van der Waals surface area contributed by atoms with E-state index in [1.165, 1.54) is 6.07 Å². The first-order valence-corrected chi connectivity index (χ1v) is 6.57. The van der Waals surface area contributed by atoms with Gasteiger partial charge in [0.05, 0.1) is 10.6 Å². The number of hydrogen-bond acceptors (Lipinski definition) is 4. The summed E-state index contributed by atoms with van der Waals surface area (Å²) in [5.74, 6) is -0.446. The van der Waals surface area contributed by atoms with Gasteiger partial charge in [-0.3, -0.25) is 10.1 Å². The molecule has 0 radical (unpaired) electrons. The quantitative estimate of drug-likeness (QED) is 0.639. The van der Waals surface area contributed by atoms with Crippen molar-refractivity contribution in [2.75, 3.05) is 17.2 Å². The molecule has 2 aromatic rings. The number of rotatable bonds is 5. The standard InChI is InChI=1S/C15H16FN3O2/c1-3-17-13-5-4-6-14(15(13)19(20)21)18-12-8-7-10(2)9-11(12)16/h4-9,17-18H,3H2,1-2H3. The number of halogens is 1. The third kappa shape index (κ3) is 3.28. The number of aryl methyl sites for hydroxylation is 1. The molecule has 110 valence electrons. The highest BCUT2D eigenvalue weighted by Crippen LogP contribution is 2.35. The molecule has 0 amide bonds. The molecule has 2 rings (SSSR count). The molecule has 0 aliphatic carbocycles. The van der Waals surface area contributed by atoms with Gasteiger partial charge in [0.1, 0.15) is 17.2 Å². The Kier molecular flexibility index (Phi) is 4.37. The molecular formula is C15H16FN3O2. The second-order valence-electron chi connectivity index (χ2n) is 4.60. The Bertz CT molecular complexity index is 674. The van der Waals surface area contributed by atoms with Crippen LogP contribution in [0.5, 0.6) is 0 Å². The minimum Gasteiger partial charge on any atom is -0.380 e. The molecule has 6 heteroatoms. The Morgan fingerprint density at radius 3 is 2.52 bits per heavy atom. The summed E-state index contributed by atoms with van der Waals surface area (Å²) in [6.07, 6.45) is 0. The predicted molar refractivity (Wildman–Crippen MR) is 81.7 cm³/mol. The zero-order chi connectivity index (χ0) is 15.4. The Labute approximate surface area is 122 Å². The first-order chi connectivity index (χ1) is 10.0. The zero-order valence-electron chi connectivity index (χ0n) is 11.8. The lowest BCUT2D eigenvalue weighted by Gasteiger charge is -2.11. The van der Waals surface area contributed by atoms with Crippen molar-refractivity contribution < 1.29 is 9.31 Å². The largest absolute Gasteiger partial charge is 0.380 e. The van der Waals surface area contributed by atoms with E-state index >= 15 is 0 Å². The van der Waals surface area contributed by atoms with Gasteiger partial charge < -0.3 is 10.6 Å². The molecule has 0 saturated heterocycles. The van der Waals surface area contributed by atoms with E-state index < -0.39 is 10.7 Å². The number of nitro groups is 1. The summed E-state index contributed by atoms with van der Waals surface area (Å²) in [5, 5.41) is 17.0. The van der Waals surface area contributed by atoms with Crippen LogP contribution in [0.3, 0.4) is 0 Å². The molecule has 0 aromatic heterocycles. The average Bonchev–Trinajstić information content (AvgIpc) is 2.42. The molecule has 0 aliphatic rings. The summed E-state index contributed by atoms with van der Waals surface area (Å²) in [6.45, 7) is 4.19. The summed E-state index contributed by atoms with van der Waals surface area (Å²) in [5.41, 5.74) is 1.55. The lowest BCUT2D eigenvalue weighted by Crippen LogP contribution is -2.04. The molecule has 0 saturated carbocycles. The van der Waals surface area contributed by atoms with Crippen LogP contribution >= 0.6 is 0 Å². The van der Waals surface area contributed by atoms with Crippen molar-refractivity contribution in [1.29, 1.82) is 0 Å². The maximum atomic E-state index is 13.9. The minimum absolute atomic E-state index is 0.0978. The molecular weight excluding hydrogens is 273 g/mol. The van der Waals surface area contributed by atoms with Crippen LogP contribution < -0.4 is 10.6 Å². The molecule has 2 N–H and O–H groups in total. The van der Waals surface area contributed by atoms with E-state index in [4.69, 9.17) is 0 Å². The molecule has 5 nitrogen and oxygen atoms in total. The molecule has 0 unspecified atom stereocenters. The SMILES string of the molecule is CCNc1cccc(Nc2ccc(C)cc2F)c1[N+](=O)[O-]. The zero-order valence-corrected chi connectivity index (χ0v) is 11.8. The first kappa shape index (κ1) is 14.8. The van der Waals surface area contributed by atoms with Crippen LogP contribution in [-0.2, 0) is 0 Å². The van der Waals surface area contributed by atoms with Crippen LogP contribution in [0.2, 0.25) is 0 Å². The molecule has 0 fully saturated rings. The van der Waals surface area contributed by atoms with Gasteiger partial charge in [0.15, 0.2) is 0 Å². The van der Waals surface area contributed by atoms with Crippen LogP contribution in [-0.4, -0.2) is 11.5 Å². The first-order valence-electron chi connectivity index (χ1n) is 6.57. The van der Waals surface area contributed by atoms with E-state index in [1.54, 1.807) is 37.3 Å². The normalized spacial score (nSPS) is 10.2. The molecule has 0 aliphatic heterocycles. The van der Waals surface area contributed by atoms with Crippen molar-refractivity contribution >= 4 is 22.7 Å². The second kappa shape index (κ2) is 6.21. The van der Waals surface area contributed by atoms with Gasteiger partial charge in [-0.15, -0.1) is 0 Å². The van der Waals surface area contributed by atoms with Gasteiger partial charge in [-0.25, -0.2) is 4.39 Å². The molecule has 0 bridgehead atoms. The van der Waals surface area contributed by atoms with Crippen molar-refractivity contribution in [3.05, 3.63) is 57.9 Å². The van der Waals surface area contributed by atoms with Gasteiger partial charge in [0.25, 0.3) is 0 Å².